The second-order valence-electron chi connectivity index (χ2n) is 5.72. The first-order valence-corrected chi connectivity index (χ1v) is 7.52. The number of nitro benzene ring substituents is 1. The van der Waals surface area contributed by atoms with Gasteiger partial charge in [0.05, 0.1) is 16.7 Å². The zero-order valence-electron chi connectivity index (χ0n) is 13.9. The molecule has 0 spiro atoms. The topological polar surface area (TPSA) is 102 Å². The molecule has 1 aromatic carbocycles. The summed E-state index contributed by atoms with van der Waals surface area (Å²) in [5.74, 6) is 1.12. The van der Waals surface area contributed by atoms with Gasteiger partial charge >= 0.3 is 0 Å². The fourth-order valence-electron chi connectivity index (χ4n) is 2.35. The maximum atomic E-state index is 10.7. The van der Waals surface area contributed by atoms with Gasteiger partial charge in [-0.3, -0.25) is 15.0 Å². The Morgan fingerprint density at radius 1 is 1.46 bits per heavy atom. The van der Waals surface area contributed by atoms with Crippen LogP contribution < -0.4 is 4.74 Å². The molecule has 0 aliphatic carbocycles. The lowest BCUT2D eigenvalue weighted by molar-refractivity contribution is -0.384. The van der Waals surface area contributed by atoms with Gasteiger partial charge in [-0.25, -0.2) is 0 Å². The molecule has 24 heavy (non-hydrogen) atoms. The van der Waals surface area contributed by atoms with Crippen molar-refractivity contribution in [3.63, 3.8) is 0 Å². The lowest BCUT2D eigenvalue weighted by Gasteiger charge is -2.20. The highest BCUT2D eigenvalue weighted by Crippen LogP contribution is 2.19. The number of aryl methyl sites for hydroxylation is 2. The van der Waals surface area contributed by atoms with E-state index in [1.165, 1.54) is 12.1 Å². The van der Waals surface area contributed by atoms with Crippen molar-refractivity contribution in [2.24, 2.45) is 0 Å². The average molecular weight is 335 g/mol. The first kappa shape index (κ1) is 17.9. The summed E-state index contributed by atoms with van der Waals surface area (Å²) in [6.45, 7) is 4.77. The van der Waals surface area contributed by atoms with Crippen LogP contribution in [0.25, 0.3) is 0 Å². The van der Waals surface area contributed by atoms with Gasteiger partial charge in [-0.15, -0.1) is 0 Å². The molecule has 0 saturated carbocycles. The van der Waals surface area contributed by atoms with E-state index in [0.29, 0.717) is 18.8 Å². The number of non-ortho nitro benzene ring substituents is 1. The SMILES string of the molecule is Cc1noc(C)c1CN(C)CC(O)COc1cccc([N+](=O)[O-])c1. The quantitative estimate of drug-likeness (QED) is 0.582. The molecule has 0 radical (unpaired) electrons. The van der Waals surface area contributed by atoms with Crippen LogP contribution in [0.4, 0.5) is 5.69 Å². The van der Waals surface area contributed by atoms with E-state index in [0.717, 1.165) is 17.0 Å². The maximum absolute atomic E-state index is 10.7. The Labute approximate surface area is 139 Å². The van der Waals surface area contributed by atoms with Gasteiger partial charge in [-0.2, -0.15) is 0 Å². The highest BCUT2D eigenvalue weighted by atomic mass is 16.6. The summed E-state index contributed by atoms with van der Waals surface area (Å²) in [5, 5.41) is 24.7. The lowest BCUT2D eigenvalue weighted by atomic mass is 10.2. The van der Waals surface area contributed by atoms with Crippen LogP contribution >= 0.6 is 0 Å². The number of hydrogen-bond donors (Lipinski definition) is 1. The van der Waals surface area contributed by atoms with Crippen LogP contribution in [-0.2, 0) is 6.54 Å². The first-order valence-electron chi connectivity index (χ1n) is 7.52. The monoisotopic (exact) mass is 335 g/mol. The Balaban J connectivity index is 1.83. The number of rotatable bonds is 8. The molecule has 1 N–H and O–H groups in total. The van der Waals surface area contributed by atoms with Crippen molar-refractivity contribution in [2.45, 2.75) is 26.5 Å². The van der Waals surface area contributed by atoms with Gasteiger partial charge in [0.25, 0.3) is 5.69 Å². The first-order chi connectivity index (χ1) is 11.4. The number of nitro groups is 1. The highest BCUT2D eigenvalue weighted by molar-refractivity contribution is 5.37. The zero-order chi connectivity index (χ0) is 17.7. The Bertz CT molecular complexity index is 681. The van der Waals surface area contributed by atoms with Gasteiger partial charge in [0, 0.05) is 24.7 Å². The normalized spacial score (nSPS) is 12.4. The number of nitrogens with zero attached hydrogens (tertiary/aromatic N) is 3. The van der Waals surface area contributed by atoms with Crippen molar-refractivity contribution in [3.8, 4) is 5.75 Å². The second kappa shape index (κ2) is 7.89. The molecule has 0 aliphatic heterocycles. The molecule has 0 aliphatic rings. The molecule has 0 saturated heterocycles. The molecule has 1 atom stereocenters. The number of aliphatic hydroxyl groups excluding tert-OH is 1. The van der Waals surface area contributed by atoms with Gasteiger partial charge in [-0.1, -0.05) is 11.2 Å². The van der Waals surface area contributed by atoms with Crippen LogP contribution in [-0.4, -0.2) is 46.4 Å². The maximum Gasteiger partial charge on any atom is 0.273 e. The minimum atomic E-state index is -0.727. The summed E-state index contributed by atoms with van der Waals surface area (Å²) < 4.78 is 10.5. The lowest BCUT2D eigenvalue weighted by Crippen LogP contribution is -2.33. The number of likely N-dealkylation sites (N-methyl/N-ethyl adjacent to an activating group) is 1. The van der Waals surface area contributed by atoms with Crippen LogP contribution in [0, 0.1) is 24.0 Å². The molecule has 8 nitrogen and oxygen atoms in total. The van der Waals surface area contributed by atoms with Crippen molar-refractivity contribution < 1.29 is 19.3 Å². The summed E-state index contributed by atoms with van der Waals surface area (Å²) in [7, 11) is 1.88. The minimum Gasteiger partial charge on any atom is -0.491 e. The molecule has 2 aromatic rings. The van der Waals surface area contributed by atoms with Gasteiger partial charge in [0.2, 0.25) is 0 Å². The number of aliphatic hydroxyl groups is 1. The molecule has 1 unspecified atom stereocenters. The Morgan fingerprint density at radius 3 is 2.83 bits per heavy atom. The minimum absolute atomic E-state index is 0.0440. The molecule has 130 valence electrons. The number of benzene rings is 1. The Hall–Kier alpha value is -2.45. The molecule has 0 bridgehead atoms. The van der Waals surface area contributed by atoms with E-state index in [1.54, 1.807) is 12.1 Å². The summed E-state index contributed by atoms with van der Waals surface area (Å²) in [5.41, 5.74) is 1.79. The molecule has 0 fully saturated rings. The average Bonchev–Trinajstić information content (AvgIpc) is 2.85. The molecule has 8 heteroatoms. The fourth-order valence-corrected chi connectivity index (χ4v) is 2.35. The molecular weight excluding hydrogens is 314 g/mol. The van der Waals surface area contributed by atoms with E-state index in [1.807, 2.05) is 25.8 Å². The standard InChI is InChI=1S/C16H21N3O5/c1-11-16(12(2)24-17-11)9-18(3)8-14(20)10-23-15-6-4-5-13(7-15)19(21)22/h4-7,14,20H,8-10H2,1-3H3. The van der Waals surface area contributed by atoms with Crippen LogP contribution in [0.1, 0.15) is 17.0 Å². The zero-order valence-corrected chi connectivity index (χ0v) is 13.9. The highest BCUT2D eigenvalue weighted by Gasteiger charge is 2.15. The van der Waals surface area contributed by atoms with Gasteiger partial charge < -0.3 is 14.4 Å². The second-order valence-corrected chi connectivity index (χ2v) is 5.72. The van der Waals surface area contributed by atoms with Crippen molar-refractivity contribution in [2.75, 3.05) is 20.2 Å². The predicted octanol–water partition coefficient (Wildman–Crippen LogP) is 2.07. The van der Waals surface area contributed by atoms with Gasteiger partial charge in [0.1, 0.15) is 24.2 Å². The van der Waals surface area contributed by atoms with E-state index >= 15 is 0 Å². The van der Waals surface area contributed by atoms with Crippen molar-refractivity contribution in [3.05, 3.63) is 51.4 Å². The smallest absolute Gasteiger partial charge is 0.273 e. The van der Waals surface area contributed by atoms with E-state index in [2.05, 4.69) is 5.16 Å². The third kappa shape index (κ3) is 4.77. The van der Waals surface area contributed by atoms with E-state index in [9.17, 15) is 15.2 Å². The van der Waals surface area contributed by atoms with E-state index in [-0.39, 0.29) is 12.3 Å². The summed E-state index contributed by atoms with van der Waals surface area (Å²) in [6.07, 6.45) is -0.727. The van der Waals surface area contributed by atoms with Crippen molar-refractivity contribution in [1.29, 1.82) is 0 Å². The predicted molar refractivity (Wildman–Crippen MR) is 86.9 cm³/mol. The molecular formula is C16H21N3O5. The number of hydrogen-bond acceptors (Lipinski definition) is 7. The summed E-state index contributed by atoms with van der Waals surface area (Å²) >= 11 is 0. The van der Waals surface area contributed by atoms with E-state index < -0.39 is 11.0 Å². The molecule has 1 aromatic heterocycles. The molecule has 2 rings (SSSR count). The Kier molecular flexibility index (Phi) is 5.88. The van der Waals surface area contributed by atoms with Gasteiger partial charge in [-0.05, 0) is 27.0 Å². The van der Waals surface area contributed by atoms with Crippen LogP contribution in [0.2, 0.25) is 0 Å². The number of aromatic nitrogens is 1. The third-order valence-corrected chi connectivity index (χ3v) is 3.60. The van der Waals surface area contributed by atoms with Crippen LogP contribution in [0.3, 0.4) is 0 Å². The fraction of sp³-hybridized carbons (Fsp3) is 0.438. The Morgan fingerprint density at radius 2 is 2.21 bits per heavy atom. The van der Waals surface area contributed by atoms with Crippen molar-refractivity contribution in [1.82, 2.24) is 10.1 Å². The van der Waals surface area contributed by atoms with E-state index in [4.69, 9.17) is 9.26 Å². The summed E-state index contributed by atoms with van der Waals surface area (Å²) in [4.78, 5) is 12.2. The molecule has 1 heterocycles. The third-order valence-electron chi connectivity index (χ3n) is 3.60. The molecule has 0 amide bonds. The summed E-state index contributed by atoms with van der Waals surface area (Å²) in [6, 6.07) is 5.89. The van der Waals surface area contributed by atoms with Gasteiger partial charge in [0.15, 0.2) is 0 Å². The number of ether oxygens (including phenoxy) is 1. The van der Waals surface area contributed by atoms with Crippen molar-refractivity contribution >= 4 is 5.69 Å². The van der Waals surface area contributed by atoms with Crippen LogP contribution in [0.15, 0.2) is 28.8 Å². The largest absolute Gasteiger partial charge is 0.491 e. The van der Waals surface area contributed by atoms with Crippen LogP contribution in [0.5, 0.6) is 5.75 Å².